The average Bonchev–Trinajstić information content (AvgIpc) is 2.58. The topological polar surface area (TPSA) is 73.9 Å². The van der Waals surface area contributed by atoms with Crippen molar-refractivity contribution in [2.45, 2.75) is 38.5 Å². The minimum Gasteiger partial charge on any atom is -0.459 e. The average molecular weight is 321 g/mol. The molecular formula is C17H23NO5. The van der Waals surface area contributed by atoms with Crippen LogP contribution in [0.4, 0.5) is 4.79 Å². The first-order valence-electron chi connectivity index (χ1n) is 7.76. The molecule has 126 valence electrons. The van der Waals surface area contributed by atoms with Gasteiger partial charge in [-0.3, -0.25) is 0 Å². The maximum absolute atomic E-state index is 12.4. The molecule has 3 unspecified atom stereocenters. The predicted octanol–water partition coefficient (Wildman–Crippen LogP) is 2.27. The smallest absolute Gasteiger partial charge is 0.407 e. The van der Waals surface area contributed by atoms with Crippen LogP contribution in [0.25, 0.3) is 0 Å². The lowest BCUT2D eigenvalue weighted by Gasteiger charge is -2.32. The molecule has 1 fully saturated rings. The predicted molar refractivity (Wildman–Crippen MR) is 83.7 cm³/mol. The second-order valence-corrected chi connectivity index (χ2v) is 5.67. The Morgan fingerprint density at radius 1 is 1.35 bits per heavy atom. The number of alkyl carbamates (subject to hydrolysis) is 1. The van der Waals surface area contributed by atoms with Gasteiger partial charge in [-0.2, -0.15) is 0 Å². The Morgan fingerprint density at radius 2 is 2.09 bits per heavy atom. The van der Waals surface area contributed by atoms with Gasteiger partial charge in [0, 0.05) is 6.61 Å². The molecule has 0 saturated carbocycles. The zero-order chi connectivity index (χ0) is 16.7. The summed E-state index contributed by atoms with van der Waals surface area (Å²) in [6.07, 6.45) is 0.803. The molecule has 1 aromatic rings. The van der Waals surface area contributed by atoms with E-state index in [2.05, 4.69) is 10.1 Å². The number of ether oxygens (including phenoxy) is 3. The van der Waals surface area contributed by atoms with Gasteiger partial charge in [0.25, 0.3) is 0 Å². The van der Waals surface area contributed by atoms with Gasteiger partial charge >= 0.3 is 12.1 Å². The minimum absolute atomic E-state index is 0.0267. The van der Waals surface area contributed by atoms with Crippen molar-refractivity contribution < 1.29 is 23.8 Å². The third-order valence-electron chi connectivity index (χ3n) is 3.93. The Labute approximate surface area is 136 Å². The largest absolute Gasteiger partial charge is 0.459 e. The molecule has 0 aliphatic carbocycles. The van der Waals surface area contributed by atoms with Gasteiger partial charge < -0.3 is 19.5 Å². The van der Waals surface area contributed by atoms with Crippen molar-refractivity contribution >= 4 is 12.1 Å². The Balaban J connectivity index is 1.99. The van der Waals surface area contributed by atoms with E-state index >= 15 is 0 Å². The molecule has 1 heterocycles. The molecule has 0 spiro atoms. The van der Waals surface area contributed by atoms with Gasteiger partial charge in [0.15, 0.2) is 0 Å². The highest BCUT2D eigenvalue weighted by atomic mass is 16.5. The van der Waals surface area contributed by atoms with E-state index < -0.39 is 18.1 Å². The summed E-state index contributed by atoms with van der Waals surface area (Å²) in [5.41, 5.74) is 0.901. The van der Waals surface area contributed by atoms with Crippen molar-refractivity contribution in [1.82, 2.24) is 5.32 Å². The second-order valence-electron chi connectivity index (χ2n) is 5.67. The van der Waals surface area contributed by atoms with Crippen LogP contribution in [-0.2, 0) is 25.6 Å². The summed E-state index contributed by atoms with van der Waals surface area (Å²) in [6, 6.07) is 8.70. The number of carbonyl (C=O) groups is 2. The zero-order valence-corrected chi connectivity index (χ0v) is 13.5. The van der Waals surface area contributed by atoms with Crippen LogP contribution in [0.15, 0.2) is 30.3 Å². The van der Waals surface area contributed by atoms with Crippen molar-refractivity contribution in [3.05, 3.63) is 35.9 Å². The van der Waals surface area contributed by atoms with Crippen molar-refractivity contribution in [2.24, 2.45) is 5.92 Å². The molecule has 6 nitrogen and oxygen atoms in total. The summed E-state index contributed by atoms with van der Waals surface area (Å²) in [5.74, 6) is -0.473. The number of methoxy groups -OCH3 is 1. The van der Waals surface area contributed by atoms with E-state index in [0.29, 0.717) is 19.4 Å². The number of nitrogens with one attached hydrogen (secondary N) is 1. The van der Waals surface area contributed by atoms with Crippen LogP contribution in [0.5, 0.6) is 0 Å². The molecule has 1 saturated heterocycles. The van der Waals surface area contributed by atoms with E-state index in [9.17, 15) is 9.59 Å². The number of carbonyl (C=O) groups excluding carboxylic acids is 2. The van der Waals surface area contributed by atoms with Gasteiger partial charge in [-0.25, -0.2) is 9.59 Å². The normalized spacial score (nSPS) is 22.0. The first-order valence-corrected chi connectivity index (χ1v) is 7.76. The molecule has 0 bridgehead atoms. The van der Waals surface area contributed by atoms with Crippen LogP contribution in [-0.4, -0.2) is 37.9 Å². The molecule has 1 aliphatic rings. The first kappa shape index (κ1) is 17.3. The summed E-state index contributed by atoms with van der Waals surface area (Å²) in [5, 5.41) is 2.60. The molecule has 1 amide bonds. The maximum atomic E-state index is 12.4. The van der Waals surface area contributed by atoms with Gasteiger partial charge in [-0.05, 0) is 31.2 Å². The number of esters is 1. The van der Waals surface area contributed by atoms with Gasteiger partial charge in [0.05, 0.1) is 13.2 Å². The van der Waals surface area contributed by atoms with Crippen molar-refractivity contribution in [2.75, 3.05) is 13.7 Å². The summed E-state index contributed by atoms with van der Waals surface area (Å²) in [7, 11) is 1.27. The van der Waals surface area contributed by atoms with E-state index in [0.717, 1.165) is 5.56 Å². The van der Waals surface area contributed by atoms with Gasteiger partial charge in [0.2, 0.25) is 0 Å². The fraction of sp³-hybridized carbons (Fsp3) is 0.529. The van der Waals surface area contributed by atoms with Crippen LogP contribution in [0, 0.1) is 5.92 Å². The third kappa shape index (κ3) is 5.25. The number of hydrogen-bond acceptors (Lipinski definition) is 5. The van der Waals surface area contributed by atoms with E-state index in [1.807, 2.05) is 37.3 Å². The standard InChI is InChI=1S/C17H23NO5/c1-12-10-14(8-9-22-12)15(18-17(20)21-2)16(19)23-11-13-6-4-3-5-7-13/h3-7,12,14-15H,8-11H2,1-2H3,(H,18,20). The van der Waals surface area contributed by atoms with Gasteiger partial charge in [-0.15, -0.1) is 0 Å². The van der Waals surface area contributed by atoms with Crippen molar-refractivity contribution in [3.8, 4) is 0 Å². The third-order valence-corrected chi connectivity index (χ3v) is 3.93. The van der Waals surface area contributed by atoms with Crippen LogP contribution in [0.1, 0.15) is 25.3 Å². The number of benzene rings is 1. The Hall–Kier alpha value is -2.08. The fourth-order valence-corrected chi connectivity index (χ4v) is 2.71. The summed E-state index contributed by atoms with van der Waals surface area (Å²) >= 11 is 0. The lowest BCUT2D eigenvalue weighted by Crippen LogP contribution is -2.49. The summed E-state index contributed by atoms with van der Waals surface area (Å²) < 4.78 is 15.5. The summed E-state index contributed by atoms with van der Waals surface area (Å²) in [6.45, 7) is 2.70. The molecule has 6 heteroatoms. The van der Waals surface area contributed by atoms with Gasteiger partial charge in [0.1, 0.15) is 12.6 Å². The van der Waals surface area contributed by atoms with E-state index in [1.54, 1.807) is 0 Å². The second kappa shape index (κ2) is 8.53. The van der Waals surface area contributed by atoms with Crippen LogP contribution >= 0.6 is 0 Å². The Kier molecular flexibility index (Phi) is 6.40. The number of amides is 1. The minimum atomic E-state index is -0.725. The molecule has 1 aromatic carbocycles. The zero-order valence-electron chi connectivity index (χ0n) is 13.5. The fourth-order valence-electron chi connectivity index (χ4n) is 2.71. The molecule has 0 aromatic heterocycles. The van der Waals surface area contributed by atoms with Crippen LogP contribution < -0.4 is 5.32 Å². The number of rotatable bonds is 5. The Morgan fingerprint density at radius 3 is 2.74 bits per heavy atom. The highest BCUT2D eigenvalue weighted by molar-refractivity contribution is 5.81. The van der Waals surface area contributed by atoms with Crippen molar-refractivity contribution in [1.29, 1.82) is 0 Å². The molecule has 3 atom stereocenters. The molecule has 2 rings (SSSR count). The van der Waals surface area contributed by atoms with Crippen LogP contribution in [0.3, 0.4) is 0 Å². The lowest BCUT2D eigenvalue weighted by molar-refractivity contribution is -0.150. The monoisotopic (exact) mass is 321 g/mol. The highest BCUT2D eigenvalue weighted by Gasteiger charge is 2.34. The van der Waals surface area contributed by atoms with Gasteiger partial charge in [-0.1, -0.05) is 30.3 Å². The maximum Gasteiger partial charge on any atom is 0.407 e. The molecule has 23 heavy (non-hydrogen) atoms. The quantitative estimate of drug-likeness (QED) is 0.842. The first-order chi connectivity index (χ1) is 11.1. The number of hydrogen-bond donors (Lipinski definition) is 1. The molecular weight excluding hydrogens is 298 g/mol. The Bertz CT molecular complexity index is 519. The molecule has 1 N–H and O–H groups in total. The molecule has 0 radical (unpaired) electrons. The van der Waals surface area contributed by atoms with E-state index in [-0.39, 0.29) is 18.6 Å². The summed E-state index contributed by atoms with van der Waals surface area (Å²) in [4.78, 5) is 24.0. The molecule has 1 aliphatic heterocycles. The van der Waals surface area contributed by atoms with Crippen molar-refractivity contribution in [3.63, 3.8) is 0 Å². The SMILES string of the molecule is COC(=O)NC(C(=O)OCc1ccccc1)C1CCOC(C)C1. The lowest BCUT2D eigenvalue weighted by atomic mass is 9.89. The van der Waals surface area contributed by atoms with E-state index in [4.69, 9.17) is 9.47 Å². The highest BCUT2D eigenvalue weighted by Crippen LogP contribution is 2.24. The van der Waals surface area contributed by atoms with E-state index in [1.165, 1.54) is 7.11 Å². The van der Waals surface area contributed by atoms with Crippen LogP contribution in [0.2, 0.25) is 0 Å².